The van der Waals surface area contributed by atoms with E-state index in [1.807, 2.05) is 0 Å². The van der Waals surface area contributed by atoms with Gasteiger partial charge in [-0.15, -0.1) is 0 Å². The highest BCUT2D eigenvalue weighted by atomic mass is 16.6. The molecule has 5 N–H and O–H groups in total. The second kappa shape index (κ2) is 4.95. The minimum absolute atomic E-state index is 0. The topological polar surface area (TPSA) is 90.4 Å². The Morgan fingerprint density at radius 1 is 1.41 bits per heavy atom. The summed E-state index contributed by atoms with van der Waals surface area (Å²) in [6.45, 7) is 5.72. The molecule has 0 aliphatic carbocycles. The zero-order valence-electron chi connectivity index (χ0n) is 10.4. The Balaban J connectivity index is 0. The molecule has 5 nitrogen and oxygen atoms in total. The van der Waals surface area contributed by atoms with Gasteiger partial charge in [-0.3, -0.25) is 0 Å². The summed E-state index contributed by atoms with van der Waals surface area (Å²) in [5.74, 6) is 0. The first-order valence-electron chi connectivity index (χ1n) is 5.38. The highest BCUT2D eigenvalue weighted by Gasteiger charge is 2.15. The summed E-state index contributed by atoms with van der Waals surface area (Å²) in [7, 11) is 0. The molecule has 0 aromatic heterocycles. The normalized spacial score (nSPS) is 11.0. The minimum Gasteiger partial charge on any atom is -0.444 e. The molecule has 0 aliphatic rings. The molecule has 0 aliphatic heterocycles. The zero-order valence-corrected chi connectivity index (χ0v) is 10.4. The first-order chi connectivity index (χ1) is 7.78. The van der Waals surface area contributed by atoms with E-state index in [1.165, 1.54) is 0 Å². The second-order valence-corrected chi connectivity index (χ2v) is 4.81. The van der Waals surface area contributed by atoms with Crippen LogP contribution in [0.4, 0.5) is 16.2 Å². The highest BCUT2D eigenvalue weighted by molar-refractivity contribution is 5.68. The van der Waals surface area contributed by atoms with Crippen molar-refractivity contribution >= 4 is 17.5 Å². The number of ether oxygens (including phenoxy) is 1. The van der Waals surface area contributed by atoms with Gasteiger partial charge in [-0.25, -0.2) is 4.79 Å². The van der Waals surface area contributed by atoms with Crippen LogP contribution in [0.3, 0.4) is 0 Å². The molecular formula is C12H23N3O2. The quantitative estimate of drug-likeness (QED) is 0.693. The molecule has 1 aromatic rings. The Hall–Kier alpha value is -1.91. The number of nitrogens with two attached hydrogens (primary N) is 2. The Morgan fingerprint density at radius 3 is 2.65 bits per heavy atom. The van der Waals surface area contributed by atoms with Crippen molar-refractivity contribution in [2.24, 2.45) is 0 Å². The van der Waals surface area contributed by atoms with Gasteiger partial charge in [0, 0.05) is 20.8 Å². The molecule has 98 valence electrons. The summed E-state index contributed by atoms with van der Waals surface area (Å²) in [4.78, 5) is 11.4. The van der Waals surface area contributed by atoms with E-state index in [9.17, 15) is 4.79 Å². The van der Waals surface area contributed by atoms with Crippen molar-refractivity contribution in [1.82, 2.24) is 5.32 Å². The van der Waals surface area contributed by atoms with Crippen LogP contribution in [0.5, 0.6) is 0 Å². The summed E-state index contributed by atoms with van der Waals surface area (Å²) in [5, 5.41) is 2.63. The molecule has 1 aromatic carbocycles. The molecular weight excluding hydrogens is 218 g/mol. The smallest absolute Gasteiger partial charge is 0.407 e. The second-order valence-electron chi connectivity index (χ2n) is 4.81. The van der Waals surface area contributed by atoms with E-state index in [4.69, 9.17) is 16.2 Å². The number of rotatable bonds is 2. The number of hydrogen-bond donors (Lipinski definition) is 3. The van der Waals surface area contributed by atoms with Gasteiger partial charge in [0.05, 0.1) is 0 Å². The van der Waals surface area contributed by atoms with Crippen LogP contribution in [0.15, 0.2) is 18.2 Å². The van der Waals surface area contributed by atoms with Gasteiger partial charge in [0.15, 0.2) is 0 Å². The number of carbonyl (C=O) groups excluding carboxylic acids is 1. The van der Waals surface area contributed by atoms with E-state index in [1.54, 1.807) is 39.0 Å². The number of anilines is 2. The van der Waals surface area contributed by atoms with Crippen molar-refractivity contribution in [2.45, 2.75) is 32.9 Å². The lowest BCUT2D eigenvalue weighted by atomic mass is 10.1. The molecule has 0 spiro atoms. The van der Waals surface area contributed by atoms with Crippen molar-refractivity contribution in [3.05, 3.63) is 23.8 Å². The summed E-state index contributed by atoms with van der Waals surface area (Å²) in [6, 6.07) is 5.15. The lowest BCUT2D eigenvalue weighted by Gasteiger charge is -2.19. The SMILES string of the molecule is CC(C)(C)OC(=O)NCc1cc(N)ccc1N.[HH].[HH]. The van der Waals surface area contributed by atoms with Gasteiger partial charge in [0.2, 0.25) is 0 Å². The third-order valence-corrected chi connectivity index (χ3v) is 1.99. The van der Waals surface area contributed by atoms with Crippen LogP contribution in [0.2, 0.25) is 0 Å². The van der Waals surface area contributed by atoms with Crippen LogP contribution in [0.1, 0.15) is 29.2 Å². The van der Waals surface area contributed by atoms with Gasteiger partial charge in [-0.2, -0.15) is 0 Å². The van der Waals surface area contributed by atoms with Crippen molar-refractivity contribution in [1.29, 1.82) is 0 Å². The van der Waals surface area contributed by atoms with Crippen LogP contribution in [0.25, 0.3) is 0 Å². The molecule has 0 heterocycles. The fourth-order valence-electron chi connectivity index (χ4n) is 1.26. The molecule has 0 saturated heterocycles. The monoisotopic (exact) mass is 241 g/mol. The van der Waals surface area contributed by atoms with E-state index >= 15 is 0 Å². The number of nitrogens with one attached hydrogen (secondary N) is 1. The van der Waals surface area contributed by atoms with E-state index in [0.29, 0.717) is 17.9 Å². The molecule has 17 heavy (non-hydrogen) atoms. The van der Waals surface area contributed by atoms with E-state index in [0.717, 1.165) is 5.56 Å². The Morgan fingerprint density at radius 2 is 2.06 bits per heavy atom. The first-order valence-corrected chi connectivity index (χ1v) is 5.38. The lowest BCUT2D eigenvalue weighted by Crippen LogP contribution is -2.32. The predicted molar refractivity (Wildman–Crippen MR) is 72.6 cm³/mol. The van der Waals surface area contributed by atoms with Gasteiger partial charge in [0.25, 0.3) is 0 Å². The molecule has 0 atom stereocenters. The van der Waals surface area contributed by atoms with Gasteiger partial charge < -0.3 is 21.5 Å². The lowest BCUT2D eigenvalue weighted by molar-refractivity contribution is 0.0523. The maximum atomic E-state index is 11.4. The van der Waals surface area contributed by atoms with Crippen LogP contribution in [0, 0.1) is 0 Å². The number of benzene rings is 1. The number of nitrogen functional groups attached to an aromatic ring is 2. The third-order valence-electron chi connectivity index (χ3n) is 1.99. The van der Waals surface area contributed by atoms with Gasteiger partial charge in [-0.05, 0) is 44.5 Å². The van der Waals surface area contributed by atoms with Crippen LogP contribution < -0.4 is 16.8 Å². The van der Waals surface area contributed by atoms with Gasteiger partial charge >= 0.3 is 6.09 Å². The summed E-state index contributed by atoms with van der Waals surface area (Å²) in [5.41, 5.74) is 12.9. The Bertz CT molecular complexity index is 420. The van der Waals surface area contributed by atoms with Crippen molar-refractivity contribution in [3.8, 4) is 0 Å². The van der Waals surface area contributed by atoms with E-state index in [2.05, 4.69) is 5.32 Å². The van der Waals surface area contributed by atoms with Gasteiger partial charge in [0.1, 0.15) is 5.60 Å². The molecule has 0 unspecified atom stereocenters. The Kier molecular flexibility index (Phi) is 3.83. The minimum atomic E-state index is -0.509. The maximum absolute atomic E-state index is 11.4. The summed E-state index contributed by atoms with van der Waals surface area (Å²) < 4.78 is 5.11. The van der Waals surface area contributed by atoms with Crippen LogP contribution in [-0.2, 0) is 11.3 Å². The van der Waals surface area contributed by atoms with Crippen LogP contribution in [-0.4, -0.2) is 11.7 Å². The van der Waals surface area contributed by atoms with Crippen LogP contribution >= 0.6 is 0 Å². The maximum Gasteiger partial charge on any atom is 0.407 e. The fraction of sp³-hybridized carbons (Fsp3) is 0.417. The van der Waals surface area contributed by atoms with Crippen molar-refractivity contribution in [3.63, 3.8) is 0 Å². The van der Waals surface area contributed by atoms with Crippen molar-refractivity contribution < 1.29 is 12.4 Å². The fourth-order valence-corrected chi connectivity index (χ4v) is 1.26. The van der Waals surface area contributed by atoms with E-state index in [-0.39, 0.29) is 2.85 Å². The number of hydrogen-bond acceptors (Lipinski definition) is 4. The molecule has 5 heteroatoms. The van der Waals surface area contributed by atoms with E-state index < -0.39 is 11.7 Å². The first kappa shape index (κ1) is 13.2. The average molecular weight is 241 g/mol. The molecule has 1 amide bonds. The molecule has 0 bridgehead atoms. The van der Waals surface area contributed by atoms with Crippen molar-refractivity contribution in [2.75, 3.05) is 11.5 Å². The Labute approximate surface area is 104 Å². The number of alkyl carbamates (subject to hydrolysis) is 1. The molecule has 1 rings (SSSR count). The summed E-state index contributed by atoms with van der Waals surface area (Å²) >= 11 is 0. The summed E-state index contributed by atoms with van der Waals surface area (Å²) in [6.07, 6.45) is -0.473. The van der Waals surface area contributed by atoms with Gasteiger partial charge in [-0.1, -0.05) is 0 Å². The molecule has 0 fully saturated rings. The number of amides is 1. The largest absolute Gasteiger partial charge is 0.444 e. The number of carbonyl (C=O) groups is 1. The predicted octanol–water partition coefficient (Wildman–Crippen LogP) is 2.37. The molecule has 0 radical (unpaired) electrons. The standard InChI is InChI=1S/C12H19N3O2.2H2/c1-12(2,3)17-11(16)15-7-8-6-9(13)4-5-10(8)14;;/h4-6H,7,13-14H2,1-3H3,(H,15,16);2*1H. The zero-order chi connectivity index (χ0) is 13.1. The average Bonchev–Trinajstić information content (AvgIpc) is 2.17. The molecule has 0 saturated carbocycles. The third kappa shape index (κ3) is 4.63. The highest BCUT2D eigenvalue weighted by Crippen LogP contribution is 2.15.